The molecule has 2 heterocycles. The minimum atomic E-state index is -0.319. The summed E-state index contributed by atoms with van der Waals surface area (Å²) < 4.78 is 11.7. The van der Waals surface area contributed by atoms with Crippen molar-refractivity contribution in [1.82, 2.24) is 14.6 Å². The number of nitrogens with zero attached hydrogens (tertiary/aromatic N) is 3. The number of ether oxygens (including phenoxy) is 2. The summed E-state index contributed by atoms with van der Waals surface area (Å²) in [6, 6.07) is 10.3. The Morgan fingerprint density at radius 2 is 2.14 bits per heavy atom. The molecule has 0 radical (unpaired) electrons. The van der Waals surface area contributed by atoms with Gasteiger partial charge in [0.05, 0.1) is 25.4 Å². The molecule has 2 aromatic heterocycles. The third-order valence-electron chi connectivity index (χ3n) is 4.31. The Labute approximate surface area is 159 Å². The number of rotatable bonds is 5. The third kappa shape index (κ3) is 3.05. The Hall–Kier alpha value is -3.81. The van der Waals surface area contributed by atoms with Crippen LogP contribution in [-0.2, 0) is 0 Å². The summed E-state index contributed by atoms with van der Waals surface area (Å²) in [5.74, 6) is 1.10. The maximum atomic E-state index is 12.8. The van der Waals surface area contributed by atoms with Gasteiger partial charge in [-0.15, -0.1) is 0 Å². The van der Waals surface area contributed by atoms with Gasteiger partial charge in [-0.1, -0.05) is 0 Å². The van der Waals surface area contributed by atoms with E-state index in [1.54, 1.807) is 19.2 Å². The Morgan fingerprint density at radius 1 is 1.29 bits per heavy atom. The van der Waals surface area contributed by atoms with Gasteiger partial charge >= 0.3 is 0 Å². The molecule has 0 aliphatic rings. The molecule has 0 atom stereocenters. The lowest BCUT2D eigenvalue weighted by Gasteiger charge is -2.06. The summed E-state index contributed by atoms with van der Waals surface area (Å²) >= 11 is 0. The van der Waals surface area contributed by atoms with Crippen LogP contribution in [0, 0.1) is 0 Å². The topological polar surface area (TPSA) is 102 Å². The fourth-order valence-corrected chi connectivity index (χ4v) is 2.95. The van der Waals surface area contributed by atoms with Crippen molar-refractivity contribution in [3.8, 4) is 17.2 Å². The standard InChI is InChI=1S/C20H18N4O4/c1-3-28-17-8-12(4-7-16(17)25)10-22-24-11-21-18-14-6-5-13(27-2)9-15(14)23-19(18)20(24)26/h4-11,23,25H,3H2,1-2H3. The highest BCUT2D eigenvalue weighted by Crippen LogP contribution is 2.26. The third-order valence-corrected chi connectivity index (χ3v) is 4.31. The number of hydrogen-bond acceptors (Lipinski definition) is 6. The first-order chi connectivity index (χ1) is 13.6. The summed E-state index contributed by atoms with van der Waals surface area (Å²) in [6.07, 6.45) is 2.88. The zero-order chi connectivity index (χ0) is 19.7. The smallest absolute Gasteiger partial charge is 0.298 e. The Morgan fingerprint density at radius 3 is 2.93 bits per heavy atom. The quantitative estimate of drug-likeness (QED) is 0.520. The van der Waals surface area contributed by atoms with Gasteiger partial charge in [-0.25, -0.2) is 4.98 Å². The van der Waals surface area contributed by atoms with E-state index in [2.05, 4.69) is 15.1 Å². The molecule has 0 bridgehead atoms. The summed E-state index contributed by atoms with van der Waals surface area (Å²) in [4.78, 5) is 20.2. The van der Waals surface area contributed by atoms with E-state index in [1.165, 1.54) is 18.6 Å². The number of phenols is 1. The van der Waals surface area contributed by atoms with Crippen LogP contribution < -0.4 is 15.0 Å². The van der Waals surface area contributed by atoms with Gasteiger partial charge in [-0.3, -0.25) is 4.79 Å². The van der Waals surface area contributed by atoms with Gasteiger partial charge in [0.15, 0.2) is 11.5 Å². The number of aromatic nitrogens is 3. The molecule has 0 fully saturated rings. The van der Waals surface area contributed by atoms with Crippen molar-refractivity contribution in [1.29, 1.82) is 0 Å². The number of methoxy groups -OCH3 is 1. The summed E-state index contributed by atoms with van der Waals surface area (Å²) in [6.45, 7) is 2.26. The first-order valence-corrected chi connectivity index (χ1v) is 8.68. The van der Waals surface area contributed by atoms with Crippen molar-refractivity contribution in [2.24, 2.45) is 5.10 Å². The van der Waals surface area contributed by atoms with Crippen LogP contribution in [0.5, 0.6) is 17.2 Å². The number of phenolic OH excluding ortho intramolecular Hbond substituents is 1. The zero-order valence-electron chi connectivity index (χ0n) is 15.3. The molecule has 0 aliphatic carbocycles. The van der Waals surface area contributed by atoms with Crippen molar-refractivity contribution in [3.05, 3.63) is 58.6 Å². The SMILES string of the molecule is CCOc1cc(C=Nn2cnc3c([nH]c4cc(OC)ccc43)c2=O)ccc1O. The maximum absolute atomic E-state index is 12.8. The van der Waals surface area contributed by atoms with Crippen molar-refractivity contribution < 1.29 is 14.6 Å². The van der Waals surface area contributed by atoms with Gasteiger partial charge in [0.2, 0.25) is 0 Å². The van der Waals surface area contributed by atoms with Crippen LogP contribution in [0.15, 0.2) is 52.6 Å². The minimum absolute atomic E-state index is 0.0488. The predicted octanol–water partition coefficient (Wildman–Crippen LogP) is 2.87. The van der Waals surface area contributed by atoms with Gasteiger partial charge in [-0.05, 0) is 42.8 Å². The molecule has 0 saturated heterocycles. The van der Waals surface area contributed by atoms with Crippen molar-refractivity contribution in [2.45, 2.75) is 6.92 Å². The molecule has 8 heteroatoms. The molecule has 0 amide bonds. The number of H-pyrrole nitrogens is 1. The first kappa shape index (κ1) is 17.6. The number of aromatic amines is 1. The van der Waals surface area contributed by atoms with Crippen molar-refractivity contribution >= 4 is 28.2 Å². The van der Waals surface area contributed by atoms with Gasteiger partial charge in [0, 0.05) is 11.5 Å². The highest BCUT2D eigenvalue weighted by molar-refractivity contribution is 6.04. The number of benzene rings is 2. The normalized spacial score (nSPS) is 11.5. The van der Waals surface area contributed by atoms with Crippen LogP contribution in [0.1, 0.15) is 12.5 Å². The van der Waals surface area contributed by atoms with E-state index >= 15 is 0 Å². The second kappa shape index (κ2) is 7.07. The second-order valence-electron chi connectivity index (χ2n) is 6.06. The van der Waals surface area contributed by atoms with Crippen LogP contribution in [0.4, 0.5) is 0 Å². The van der Waals surface area contributed by atoms with Crippen molar-refractivity contribution in [3.63, 3.8) is 0 Å². The molecule has 2 N–H and O–H groups in total. The van der Waals surface area contributed by atoms with Gasteiger partial charge in [-0.2, -0.15) is 9.78 Å². The molecular weight excluding hydrogens is 360 g/mol. The van der Waals surface area contributed by atoms with Crippen LogP contribution in [-0.4, -0.2) is 39.7 Å². The molecule has 4 aromatic rings. The van der Waals surface area contributed by atoms with E-state index in [-0.39, 0.29) is 11.3 Å². The van der Waals surface area contributed by atoms with E-state index < -0.39 is 0 Å². The van der Waals surface area contributed by atoms with Gasteiger partial charge in [0.25, 0.3) is 5.56 Å². The number of hydrogen-bond donors (Lipinski definition) is 2. The zero-order valence-corrected chi connectivity index (χ0v) is 15.3. The number of nitrogens with one attached hydrogen (secondary N) is 1. The molecular formula is C20H18N4O4. The molecule has 4 rings (SSSR count). The molecule has 142 valence electrons. The van der Waals surface area contributed by atoms with E-state index in [0.29, 0.717) is 34.7 Å². The molecule has 0 spiro atoms. The highest BCUT2D eigenvalue weighted by Gasteiger charge is 2.11. The van der Waals surface area contributed by atoms with Gasteiger partial charge in [0.1, 0.15) is 23.1 Å². The fraction of sp³-hybridized carbons (Fsp3) is 0.150. The van der Waals surface area contributed by atoms with Crippen LogP contribution >= 0.6 is 0 Å². The van der Waals surface area contributed by atoms with E-state index in [0.717, 1.165) is 15.6 Å². The number of aromatic hydroxyl groups is 1. The molecule has 0 saturated carbocycles. The first-order valence-electron chi connectivity index (χ1n) is 8.68. The Kier molecular flexibility index (Phi) is 4.44. The summed E-state index contributed by atoms with van der Waals surface area (Å²) in [5, 5.41) is 14.8. The summed E-state index contributed by atoms with van der Waals surface area (Å²) in [7, 11) is 1.59. The molecule has 0 unspecified atom stereocenters. The largest absolute Gasteiger partial charge is 0.504 e. The van der Waals surface area contributed by atoms with E-state index in [1.807, 2.05) is 25.1 Å². The molecule has 2 aromatic carbocycles. The average Bonchev–Trinajstić information content (AvgIpc) is 3.08. The number of fused-ring (bicyclic) bond motifs is 3. The monoisotopic (exact) mass is 378 g/mol. The minimum Gasteiger partial charge on any atom is -0.504 e. The molecule has 28 heavy (non-hydrogen) atoms. The van der Waals surface area contributed by atoms with Crippen LogP contribution in [0.25, 0.3) is 21.9 Å². The molecule has 0 aliphatic heterocycles. The lowest BCUT2D eigenvalue weighted by molar-refractivity contribution is 0.318. The lowest BCUT2D eigenvalue weighted by atomic mass is 10.2. The Bertz CT molecular complexity index is 1260. The maximum Gasteiger partial charge on any atom is 0.298 e. The Balaban J connectivity index is 1.74. The van der Waals surface area contributed by atoms with Gasteiger partial charge < -0.3 is 19.6 Å². The van der Waals surface area contributed by atoms with Crippen LogP contribution in [0.3, 0.4) is 0 Å². The highest BCUT2D eigenvalue weighted by atomic mass is 16.5. The van der Waals surface area contributed by atoms with Crippen molar-refractivity contribution in [2.75, 3.05) is 13.7 Å². The van der Waals surface area contributed by atoms with E-state index in [9.17, 15) is 9.90 Å². The predicted molar refractivity (Wildman–Crippen MR) is 107 cm³/mol. The second-order valence-corrected chi connectivity index (χ2v) is 6.06. The average molecular weight is 378 g/mol. The summed E-state index contributed by atoms with van der Waals surface area (Å²) in [5.41, 5.74) is 2.07. The van der Waals surface area contributed by atoms with Crippen LogP contribution in [0.2, 0.25) is 0 Å². The molecule has 8 nitrogen and oxygen atoms in total. The fourth-order valence-electron chi connectivity index (χ4n) is 2.95. The lowest BCUT2D eigenvalue weighted by Crippen LogP contribution is -2.17. The van der Waals surface area contributed by atoms with E-state index in [4.69, 9.17) is 9.47 Å².